The number of benzene rings is 4. The van der Waals surface area contributed by atoms with E-state index in [2.05, 4.69) is 78.8 Å². The van der Waals surface area contributed by atoms with Crippen LogP contribution in [0.15, 0.2) is 156 Å². The summed E-state index contributed by atoms with van der Waals surface area (Å²) in [5.41, 5.74) is 4.93. The van der Waals surface area contributed by atoms with Crippen LogP contribution >= 0.6 is 28.7 Å². The fourth-order valence-corrected chi connectivity index (χ4v) is 14.7. The summed E-state index contributed by atoms with van der Waals surface area (Å²) in [6, 6.07) is 24.3. The molecule has 102 heavy (non-hydrogen) atoms. The summed E-state index contributed by atoms with van der Waals surface area (Å²) in [5.74, 6) is 3.83. The zero-order valence-corrected chi connectivity index (χ0v) is 59.6. The van der Waals surface area contributed by atoms with Gasteiger partial charge in [0.2, 0.25) is 11.6 Å². The molecule has 6 fully saturated rings. The minimum atomic E-state index is -1.54. The van der Waals surface area contributed by atoms with Crippen LogP contribution in [0.1, 0.15) is 93.0 Å². The average molecular weight is 1470 g/mol. The van der Waals surface area contributed by atoms with E-state index < -0.39 is 18.8 Å². The number of carbonyl (C=O) groups excluding carboxylic acids is 3. The Bertz CT molecular complexity index is 4600. The van der Waals surface area contributed by atoms with Gasteiger partial charge in [0.25, 0.3) is 0 Å². The first-order valence-corrected chi connectivity index (χ1v) is 34.9. The molecule has 6 aliphatic heterocycles. The molecule has 6 atom stereocenters. The maximum absolute atomic E-state index is 14.5. The normalized spacial score (nSPS) is 20.1. The second-order valence-electron chi connectivity index (χ2n) is 25.8. The molecule has 0 spiro atoms. The van der Waals surface area contributed by atoms with Crippen molar-refractivity contribution in [1.29, 1.82) is 0 Å². The molecule has 0 aliphatic carbocycles. The molecule has 31 heteroatoms. The van der Waals surface area contributed by atoms with E-state index in [1.807, 2.05) is 101 Å². The maximum atomic E-state index is 14.5. The first kappa shape index (κ1) is 72.1. The van der Waals surface area contributed by atoms with Gasteiger partial charge >= 0.3 is 50.0 Å². The predicted molar refractivity (Wildman–Crippen MR) is 387 cm³/mol. The Morgan fingerprint density at radius 2 is 0.951 bits per heavy atom. The molecule has 3 unspecified atom stereocenters. The number of methoxy groups -OCH3 is 2. The summed E-state index contributed by atoms with van der Waals surface area (Å²) in [7, 11) is 11.2. The summed E-state index contributed by atoms with van der Waals surface area (Å²) in [6.07, 6.45) is 27.9. The van der Waals surface area contributed by atoms with Crippen molar-refractivity contribution in [3.8, 4) is 45.8 Å². The molecule has 0 bridgehead atoms. The standard InChI is InChI=1S/C28H28FN5O3.C15H18BrN5O.C15H19N5O.C13H12BFO4.BHNS/c1-32-14-12-20-9-6-19(17-34(20)28(32)35)27-31-26(22-16-30-13-15-33(22)27)18-7-10-21(11-8-18)37-24-5-3-4-23(36-2)25(24)29;1-19-6-4-11-3-2-10(9-21(11)15(19)22)14-18-13(16)12-8-17-5-7-20(12)14;1-18-6-4-12-3-2-11(10-20(12)15(18)21)14-17-9-13-8-16-5-7-19(13)14;1-18-11-3-2-4-12(13(11)15)19-10-7-5-9(6-8-10)14(16)17;1-2-3/h3-5,7-8,10-11,13,15-16,19-20H,6,9,12,14,17H2,1-2H3;5,7-8,10-11H,2-4,6,9H2,1H3;5,7-9,11-12H,2-4,6,10H2,1H3;2-8,16-17H,1H3;3H/t19-,20?;10-,11?;11-,12?;;/m111../s1. The average Bonchev–Trinajstić information content (AvgIpc) is 1.60. The summed E-state index contributed by atoms with van der Waals surface area (Å²) in [4.78, 5) is 76.1. The summed E-state index contributed by atoms with van der Waals surface area (Å²) >= 11 is 6.71. The van der Waals surface area contributed by atoms with Gasteiger partial charge in [-0.2, -0.15) is 8.78 Å². The number of rotatable bonds is 11. The van der Waals surface area contributed by atoms with E-state index in [0.717, 1.165) is 140 Å². The molecule has 25 nitrogen and oxygen atoms in total. The quantitative estimate of drug-likeness (QED) is 0.0804. The van der Waals surface area contributed by atoms with Crippen LogP contribution in [0.3, 0.4) is 0 Å². The molecule has 529 valence electrons. The third-order valence-corrected chi connectivity index (χ3v) is 20.2. The van der Waals surface area contributed by atoms with Crippen molar-refractivity contribution in [3.63, 3.8) is 0 Å². The minimum absolute atomic E-state index is 0.0386. The molecule has 6 saturated heterocycles. The van der Waals surface area contributed by atoms with E-state index in [-0.39, 0.29) is 52.9 Å². The number of hydrogen-bond acceptors (Lipinski definition) is 17. The van der Waals surface area contributed by atoms with Crippen molar-refractivity contribution in [1.82, 2.24) is 72.5 Å². The van der Waals surface area contributed by atoms with Gasteiger partial charge in [-0.3, -0.25) is 23.8 Å². The number of imidazole rings is 3. The van der Waals surface area contributed by atoms with E-state index in [4.69, 9.17) is 34.0 Å². The van der Waals surface area contributed by atoms with Gasteiger partial charge in [0.15, 0.2) is 23.0 Å². The van der Waals surface area contributed by atoms with Crippen molar-refractivity contribution in [2.75, 3.05) is 74.6 Å². The van der Waals surface area contributed by atoms with Crippen LogP contribution in [0.4, 0.5) is 23.2 Å². The number of aromatic nitrogens is 9. The molecule has 12 heterocycles. The molecule has 6 amide bonds. The van der Waals surface area contributed by atoms with Crippen LogP contribution in [-0.2, 0) is 0 Å². The second-order valence-corrected chi connectivity index (χ2v) is 26.8. The number of thiol groups is 1. The van der Waals surface area contributed by atoms with E-state index in [0.29, 0.717) is 47.6 Å². The molecule has 6 aromatic heterocycles. The third-order valence-electron chi connectivity index (χ3n) is 19.6. The Labute approximate surface area is 604 Å². The van der Waals surface area contributed by atoms with Crippen molar-refractivity contribution in [2.45, 2.75) is 93.7 Å². The Hall–Kier alpha value is -9.71. The number of carbonyl (C=O) groups is 3. The predicted octanol–water partition coefficient (Wildman–Crippen LogP) is 11.1. The van der Waals surface area contributed by atoms with E-state index in [9.17, 15) is 23.2 Å². The molecular formula is C71H78B2BrF2N16O9S. The van der Waals surface area contributed by atoms with Crippen LogP contribution < -0.4 is 24.4 Å². The number of amides is 6. The van der Waals surface area contributed by atoms with Crippen LogP contribution in [-0.4, -0.2) is 208 Å². The molecule has 6 aliphatic rings. The van der Waals surface area contributed by atoms with Gasteiger partial charge in [0.1, 0.15) is 33.6 Å². The van der Waals surface area contributed by atoms with E-state index in [1.165, 1.54) is 50.6 Å². The Kier molecular flexibility index (Phi) is 23.0. The molecule has 10 aromatic rings. The molecule has 2 N–H and O–H groups in total. The van der Waals surface area contributed by atoms with Gasteiger partial charge in [0, 0.05) is 139 Å². The first-order valence-electron chi connectivity index (χ1n) is 33.7. The molecule has 4 aromatic carbocycles. The Balaban J connectivity index is 0.000000132. The number of ether oxygens (including phenoxy) is 4. The second kappa shape index (κ2) is 32.5. The monoisotopic (exact) mass is 1470 g/mol. The summed E-state index contributed by atoms with van der Waals surface area (Å²) in [6.45, 7) is 4.75. The van der Waals surface area contributed by atoms with Crippen molar-refractivity contribution in [3.05, 3.63) is 181 Å². The van der Waals surface area contributed by atoms with Crippen LogP contribution in [0, 0.1) is 11.6 Å². The van der Waals surface area contributed by atoms with Gasteiger partial charge in [-0.05, 0) is 140 Å². The van der Waals surface area contributed by atoms with E-state index >= 15 is 0 Å². The van der Waals surface area contributed by atoms with Crippen LogP contribution in [0.2, 0.25) is 0 Å². The van der Waals surface area contributed by atoms with Gasteiger partial charge in [0.05, 0.1) is 61.3 Å². The molecular weight excluding hydrogens is 1390 g/mol. The van der Waals surface area contributed by atoms with Gasteiger partial charge in [-0.25, -0.2) is 29.3 Å². The number of piperidine rings is 3. The van der Waals surface area contributed by atoms with Crippen LogP contribution in [0.25, 0.3) is 27.8 Å². The molecule has 1 radical (unpaired) electrons. The fourth-order valence-electron chi connectivity index (χ4n) is 14.2. The van der Waals surface area contributed by atoms with Crippen molar-refractivity contribution in [2.24, 2.45) is 4.30 Å². The van der Waals surface area contributed by atoms with Gasteiger partial charge in [-0.1, -0.05) is 24.3 Å². The number of hydrogen-bond donors (Lipinski definition) is 3. The number of halogens is 3. The first-order chi connectivity index (χ1) is 49.4. The van der Waals surface area contributed by atoms with Crippen LogP contribution in [0.5, 0.6) is 34.5 Å². The van der Waals surface area contributed by atoms with E-state index in [1.54, 1.807) is 59.9 Å². The number of nitrogens with zero attached hydrogens (tertiary/aromatic N) is 16. The zero-order chi connectivity index (χ0) is 71.7. The SMILES string of the molecule is CN1CCC2CC[C@@H](c3nc(Br)c4cnccn34)CN2C1=O.CN1CCC2CC[C@@H](c3ncc4cnccn34)CN2C1=O.COc1cccc(Oc2ccc(-c3nc([C@@H]4CCC5CCN(C)C(=O)N5C4)n4ccncc34)cc2)c1F.COc1cccc(Oc2ccc(B(O)O)cc2)c1F.[B]=NS. The van der Waals surface area contributed by atoms with Gasteiger partial charge < -0.3 is 62.8 Å². The number of urea groups is 3. The molecule has 0 saturated carbocycles. The Morgan fingerprint density at radius 3 is 1.42 bits per heavy atom. The van der Waals surface area contributed by atoms with Crippen molar-refractivity contribution < 1.29 is 52.2 Å². The topological polar surface area (TPSA) is 251 Å². The van der Waals surface area contributed by atoms with Crippen molar-refractivity contribution >= 4 is 83.6 Å². The molecule has 16 rings (SSSR count). The van der Waals surface area contributed by atoms with Gasteiger partial charge in [-0.15, -0.1) is 0 Å². The fraction of sp³-hybridized carbons (Fsp3) is 0.366. The summed E-state index contributed by atoms with van der Waals surface area (Å²) in [5, 5.41) is 17.9. The summed E-state index contributed by atoms with van der Waals surface area (Å²) < 4.78 is 59.1. The zero-order valence-electron chi connectivity index (χ0n) is 57.1. The number of fused-ring (bicyclic) bond motifs is 6. The Morgan fingerprint density at radius 1 is 0.539 bits per heavy atom. The third kappa shape index (κ3) is 15.7.